The number of benzene rings is 2. The number of rotatable bonds is 3. The SMILES string of the molecule is Cc1ccc(C(C)C)cc1N(C(N)=O)C(=O)c1ccccc1. The predicted octanol–water partition coefficient (Wildman–Crippen LogP) is 3.84. The lowest BCUT2D eigenvalue weighted by Crippen LogP contribution is -2.41. The molecule has 0 radical (unpaired) electrons. The molecule has 0 heterocycles. The first-order valence-corrected chi connectivity index (χ1v) is 7.21. The molecule has 2 aromatic rings. The summed E-state index contributed by atoms with van der Waals surface area (Å²) in [5.74, 6) is -0.127. The second kappa shape index (κ2) is 6.43. The maximum Gasteiger partial charge on any atom is 0.326 e. The minimum atomic E-state index is -0.780. The van der Waals surface area contributed by atoms with E-state index in [0.29, 0.717) is 17.2 Å². The highest BCUT2D eigenvalue weighted by molar-refractivity contribution is 6.20. The van der Waals surface area contributed by atoms with Gasteiger partial charge in [0.1, 0.15) is 0 Å². The fraction of sp³-hybridized carbons (Fsp3) is 0.222. The summed E-state index contributed by atoms with van der Waals surface area (Å²) in [4.78, 5) is 25.6. The van der Waals surface area contributed by atoms with Crippen molar-refractivity contribution in [3.8, 4) is 0 Å². The first-order valence-electron chi connectivity index (χ1n) is 7.21. The lowest BCUT2D eigenvalue weighted by atomic mass is 10.00. The van der Waals surface area contributed by atoms with Crippen LogP contribution in [-0.4, -0.2) is 11.9 Å². The van der Waals surface area contributed by atoms with Crippen molar-refractivity contribution in [2.75, 3.05) is 4.90 Å². The molecule has 114 valence electrons. The minimum Gasteiger partial charge on any atom is -0.351 e. The van der Waals surface area contributed by atoms with Crippen molar-refractivity contribution >= 4 is 17.6 Å². The number of aryl methyl sites for hydroxylation is 1. The van der Waals surface area contributed by atoms with Crippen LogP contribution in [0.25, 0.3) is 0 Å². The number of nitrogens with zero attached hydrogens (tertiary/aromatic N) is 1. The molecule has 2 rings (SSSR count). The number of hydrogen-bond acceptors (Lipinski definition) is 2. The van der Waals surface area contributed by atoms with Crippen molar-refractivity contribution in [3.05, 3.63) is 65.2 Å². The Hall–Kier alpha value is -2.62. The Labute approximate surface area is 130 Å². The van der Waals surface area contributed by atoms with Crippen molar-refractivity contribution in [1.29, 1.82) is 0 Å². The van der Waals surface area contributed by atoms with Gasteiger partial charge in [-0.3, -0.25) is 4.79 Å². The molecule has 0 bridgehead atoms. The number of anilines is 1. The molecule has 4 nitrogen and oxygen atoms in total. The summed E-state index contributed by atoms with van der Waals surface area (Å²) in [7, 11) is 0. The van der Waals surface area contributed by atoms with Gasteiger partial charge in [-0.25, -0.2) is 9.69 Å². The smallest absolute Gasteiger partial charge is 0.326 e. The quantitative estimate of drug-likeness (QED) is 0.935. The molecule has 0 saturated heterocycles. The van der Waals surface area contributed by atoms with E-state index in [9.17, 15) is 9.59 Å². The summed E-state index contributed by atoms with van der Waals surface area (Å²) < 4.78 is 0. The molecule has 0 aliphatic carbocycles. The third-order valence-electron chi connectivity index (χ3n) is 3.58. The van der Waals surface area contributed by atoms with Gasteiger partial charge in [-0.05, 0) is 42.2 Å². The van der Waals surface area contributed by atoms with Gasteiger partial charge in [0, 0.05) is 5.56 Å². The molecular formula is C18H20N2O2. The summed E-state index contributed by atoms with van der Waals surface area (Å²) in [6.45, 7) is 5.97. The lowest BCUT2D eigenvalue weighted by molar-refractivity contribution is 0.0995. The highest BCUT2D eigenvalue weighted by Gasteiger charge is 2.24. The first kappa shape index (κ1) is 15.8. The zero-order valence-corrected chi connectivity index (χ0v) is 13.0. The van der Waals surface area contributed by atoms with E-state index in [1.165, 1.54) is 0 Å². The zero-order chi connectivity index (χ0) is 16.3. The molecule has 0 aliphatic rings. The van der Waals surface area contributed by atoms with Crippen LogP contribution in [0, 0.1) is 6.92 Å². The Morgan fingerprint density at radius 1 is 1.05 bits per heavy atom. The van der Waals surface area contributed by atoms with E-state index in [0.717, 1.165) is 16.0 Å². The predicted molar refractivity (Wildman–Crippen MR) is 88.1 cm³/mol. The van der Waals surface area contributed by atoms with Crippen LogP contribution in [-0.2, 0) is 0 Å². The lowest BCUT2D eigenvalue weighted by Gasteiger charge is -2.22. The monoisotopic (exact) mass is 296 g/mol. The van der Waals surface area contributed by atoms with Crippen LogP contribution in [0.5, 0.6) is 0 Å². The fourth-order valence-electron chi connectivity index (χ4n) is 2.26. The Balaban J connectivity index is 2.51. The molecule has 3 amide bonds. The van der Waals surface area contributed by atoms with Crippen molar-refractivity contribution in [2.24, 2.45) is 5.73 Å². The van der Waals surface area contributed by atoms with Gasteiger partial charge >= 0.3 is 6.03 Å². The summed E-state index contributed by atoms with van der Waals surface area (Å²) in [5, 5.41) is 0. The average Bonchev–Trinajstić information content (AvgIpc) is 2.49. The molecule has 0 unspecified atom stereocenters. The van der Waals surface area contributed by atoms with Crippen LogP contribution in [0.4, 0.5) is 10.5 Å². The number of carbonyl (C=O) groups is 2. The van der Waals surface area contributed by atoms with Gasteiger partial charge in [-0.15, -0.1) is 0 Å². The van der Waals surface area contributed by atoms with Crippen molar-refractivity contribution in [2.45, 2.75) is 26.7 Å². The van der Waals surface area contributed by atoms with Crippen molar-refractivity contribution < 1.29 is 9.59 Å². The Morgan fingerprint density at radius 2 is 1.68 bits per heavy atom. The summed E-state index contributed by atoms with van der Waals surface area (Å²) in [5.41, 5.74) is 8.30. The molecular weight excluding hydrogens is 276 g/mol. The Kier molecular flexibility index (Phi) is 4.61. The first-order chi connectivity index (χ1) is 10.4. The van der Waals surface area contributed by atoms with E-state index < -0.39 is 11.9 Å². The van der Waals surface area contributed by atoms with E-state index in [1.54, 1.807) is 24.3 Å². The number of nitrogens with two attached hydrogens (primary N) is 1. The number of amides is 3. The summed E-state index contributed by atoms with van der Waals surface area (Å²) in [6, 6.07) is 13.6. The van der Waals surface area contributed by atoms with Crippen LogP contribution >= 0.6 is 0 Å². The molecule has 4 heteroatoms. The molecule has 2 N–H and O–H groups in total. The summed E-state index contributed by atoms with van der Waals surface area (Å²) >= 11 is 0. The van der Waals surface area contributed by atoms with Gasteiger partial charge < -0.3 is 5.73 Å². The molecule has 0 aliphatic heterocycles. The van der Waals surface area contributed by atoms with Crippen molar-refractivity contribution in [3.63, 3.8) is 0 Å². The highest BCUT2D eigenvalue weighted by atomic mass is 16.2. The topological polar surface area (TPSA) is 63.4 Å². The van der Waals surface area contributed by atoms with Crippen LogP contribution in [0.1, 0.15) is 41.3 Å². The summed E-state index contributed by atoms with van der Waals surface area (Å²) in [6.07, 6.45) is 0. The van der Waals surface area contributed by atoms with E-state index in [2.05, 4.69) is 13.8 Å². The fourth-order valence-corrected chi connectivity index (χ4v) is 2.26. The van der Waals surface area contributed by atoms with E-state index in [-0.39, 0.29) is 0 Å². The van der Waals surface area contributed by atoms with Gasteiger partial charge in [-0.1, -0.05) is 44.2 Å². The van der Waals surface area contributed by atoms with Crippen LogP contribution in [0.15, 0.2) is 48.5 Å². The van der Waals surface area contributed by atoms with E-state index in [4.69, 9.17) is 5.73 Å². The van der Waals surface area contributed by atoms with Gasteiger partial charge in [0.25, 0.3) is 5.91 Å². The van der Waals surface area contributed by atoms with E-state index in [1.807, 2.05) is 31.2 Å². The molecule has 0 atom stereocenters. The second-order valence-electron chi connectivity index (χ2n) is 5.55. The third-order valence-corrected chi connectivity index (χ3v) is 3.58. The Morgan fingerprint density at radius 3 is 2.23 bits per heavy atom. The molecule has 2 aromatic carbocycles. The highest BCUT2D eigenvalue weighted by Crippen LogP contribution is 2.27. The Bertz CT molecular complexity index is 693. The number of hydrogen-bond donors (Lipinski definition) is 1. The average molecular weight is 296 g/mol. The number of carbonyl (C=O) groups excluding carboxylic acids is 2. The largest absolute Gasteiger partial charge is 0.351 e. The maximum absolute atomic E-state index is 12.6. The van der Waals surface area contributed by atoms with Gasteiger partial charge in [0.05, 0.1) is 5.69 Å². The van der Waals surface area contributed by atoms with E-state index >= 15 is 0 Å². The molecule has 22 heavy (non-hydrogen) atoms. The third kappa shape index (κ3) is 3.17. The minimum absolute atomic E-state index is 0.293. The van der Waals surface area contributed by atoms with Crippen LogP contribution in [0.3, 0.4) is 0 Å². The standard InChI is InChI=1S/C18H20N2O2/c1-12(2)15-10-9-13(3)16(11-15)20(18(19)22)17(21)14-7-5-4-6-8-14/h4-12H,1-3H3,(H2,19,22). The second-order valence-corrected chi connectivity index (χ2v) is 5.55. The van der Waals surface area contributed by atoms with Crippen LogP contribution < -0.4 is 10.6 Å². The van der Waals surface area contributed by atoms with Crippen molar-refractivity contribution in [1.82, 2.24) is 0 Å². The number of primary amides is 1. The molecule has 0 fully saturated rings. The van der Waals surface area contributed by atoms with Gasteiger partial charge in [0.2, 0.25) is 0 Å². The van der Waals surface area contributed by atoms with Gasteiger partial charge in [-0.2, -0.15) is 0 Å². The van der Waals surface area contributed by atoms with Crippen LogP contribution in [0.2, 0.25) is 0 Å². The number of urea groups is 1. The van der Waals surface area contributed by atoms with Gasteiger partial charge in [0.15, 0.2) is 0 Å². The molecule has 0 saturated carbocycles. The molecule has 0 spiro atoms. The maximum atomic E-state index is 12.6. The zero-order valence-electron chi connectivity index (χ0n) is 13.0. The molecule has 0 aromatic heterocycles. The number of imide groups is 1. The normalized spacial score (nSPS) is 10.5.